The third-order valence-corrected chi connectivity index (χ3v) is 1.31. The largest absolute Gasteiger partial charge is 0.351 e. The maximum atomic E-state index is 11.1. The van der Waals surface area contributed by atoms with E-state index in [2.05, 4.69) is 10.2 Å². The number of H-pyrrole nitrogens is 1. The standard InChI is InChI=1S/C6H8N4O2/c1-3-4(2-8-10-3)5(11)9-6(7)12/h2H,1H3,(H,8,10)(H3,7,9,11,12). The van der Waals surface area contributed by atoms with Crippen molar-refractivity contribution in [2.24, 2.45) is 5.73 Å². The van der Waals surface area contributed by atoms with E-state index in [1.165, 1.54) is 6.20 Å². The van der Waals surface area contributed by atoms with Crippen molar-refractivity contribution < 1.29 is 9.59 Å². The van der Waals surface area contributed by atoms with Crippen molar-refractivity contribution in [3.63, 3.8) is 0 Å². The molecule has 6 heteroatoms. The third kappa shape index (κ3) is 1.60. The van der Waals surface area contributed by atoms with Gasteiger partial charge in [0, 0.05) is 5.69 Å². The van der Waals surface area contributed by atoms with Gasteiger partial charge in [-0.3, -0.25) is 15.2 Å². The quantitative estimate of drug-likeness (QED) is 0.528. The number of hydrogen-bond donors (Lipinski definition) is 3. The van der Waals surface area contributed by atoms with Gasteiger partial charge in [-0.1, -0.05) is 0 Å². The summed E-state index contributed by atoms with van der Waals surface area (Å²) in [4.78, 5) is 21.3. The lowest BCUT2D eigenvalue weighted by molar-refractivity contribution is 0.0965. The smallest absolute Gasteiger partial charge is 0.319 e. The monoisotopic (exact) mass is 168 g/mol. The van der Waals surface area contributed by atoms with E-state index in [0.717, 1.165) is 0 Å². The van der Waals surface area contributed by atoms with E-state index < -0.39 is 11.9 Å². The molecule has 64 valence electrons. The minimum Gasteiger partial charge on any atom is -0.351 e. The van der Waals surface area contributed by atoms with Gasteiger partial charge in [0.25, 0.3) is 5.91 Å². The van der Waals surface area contributed by atoms with Crippen LogP contribution < -0.4 is 11.1 Å². The highest BCUT2D eigenvalue weighted by Gasteiger charge is 2.11. The van der Waals surface area contributed by atoms with Crippen LogP contribution in [0.15, 0.2) is 6.20 Å². The number of rotatable bonds is 1. The summed E-state index contributed by atoms with van der Waals surface area (Å²) in [5.74, 6) is -0.547. The zero-order valence-corrected chi connectivity index (χ0v) is 6.42. The van der Waals surface area contributed by atoms with Gasteiger partial charge in [-0.2, -0.15) is 5.10 Å². The molecular weight excluding hydrogens is 160 g/mol. The summed E-state index contributed by atoms with van der Waals surface area (Å²) >= 11 is 0. The molecule has 0 unspecified atom stereocenters. The van der Waals surface area contributed by atoms with Crippen LogP contribution in [0.1, 0.15) is 16.1 Å². The fraction of sp³-hybridized carbons (Fsp3) is 0.167. The summed E-state index contributed by atoms with van der Waals surface area (Å²) in [6.45, 7) is 1.67. The second kappa shape index (κ2) is 3.04. The Hall–Kier alpha value is -1.85. The molecule has 0 spiro atoms. The van der Waals surface area contributed by atoms with Crippen LogP contribution >= 0.6 is 0 Å². The van der Waals surface area contributed by atoms with Gasteiger partial charge in [-0.05, 0) is 6.92 Å². The van der Waals surface area contributed by atoms with Crippen LogP contribution in [0.4, 0.5) is 4.79 Å². The first-order valence-electron chi connectivity index (χ1n) is 3.22. The molecular formula is C6H8N4O2. The van der Waals surface area contributed by atoms with E-state index in [4.69, 9.17) is 5.73 Å². The number of carbonyl (C=O) groups excluding carboxylic acids is 2. The Balaban J connectivity index is 2.78. The molecule has 1 aromatic rings. The van der Waals surface area contributed by atoms with E-state index in [1.54, 1.807) is 6.92 Å². The van der Waals surface area contributed by atoms with E-state index in [9.17, 15) is 9.59 Å². The van der Waals surface area contributed by atoms with Gasteiger partial charge in [0.1, 0.15) is 0 Å². The van der Waals surface area contributed by atoms with Crippen molar-refractivity contribution in [3.05, 3.63) is 17.5 Å². The summed E-state index contributed by atoms with van der Waals surface area (Å²) in [5.41, 5.74) is 5.65. The Labute approximate surface area is 68.1 Å². The molecule has 0 saturated carbocycles. The summed E-state index contributed by atoms with van der Waals surface area (Å²) in [6.07, 6.45) is 1.33. The van der Waals surface area contributed by atoms with Crippen molar-refractivity contribution in [1.82, 2.24) is 15.5 Å². The molecule has 1 aromatic heterocycles. The summed E-state index contributed by atoms with van der Waals surface area (Å²) < 4.78 is 0. The molecule has 0 aliphatic rings. The Kier molecular flexibility index (Phi) is 2.09. The number of nitrogens with one attached hydrogen (secondary N) is 2. The number of nitrogens with zero attached hydrogens (tertiary/aromatic N) is 1. The number of imide groups is 1. The number of aromatic amines is 1. The van der Waals surface area contributed by atoms with E-state index in [0.29, 0.717) is 11.3 Å². The fourth-order valence-corrected chi connectivity index (χ4v) is 0.759. The maximum absolute atomic E-state index is 11.1. The van der Waals surface area contributed by atoms with Gasteiger partial charge in [-0.25, -0.2) is 4.79 Å². The third-order valence-electron chi connectivity index (χ3n) is 1.31. The average Bonchev–Trinajstić information content (AvgIpc) is 2.33. The Bertz CT molecular complexity index is 317. The zero-order chi connectivity index (χ0) is 9.14. The molecule has 3 amide bonds. The van der Waals surface area contributed by atoms with Crippen LogP contribution in [0.2, 0.25) is 0 Å². The average molecular weight is 168 g/mol. The van der Waals surface area contributed by atoms with Gasteiger partial charge in [0.2, 0.25) is 0 Å². The van der Waals surface area contributed by atoms with E-state index in [1.807, 2.05) is 5.32 Å². The summed E-state index contributed by atoms with van der Waals surface area (Å²) in [5, 5.41) is 8.10. The first kappa shape index (κ1) is 8.25. The molecule has 0 aliphatic carbocycles. The topological polar surface area (TPSA) is 101 Å². The van der Waals surface area contributed by atoms with Crippen LogP contribution in [-0.4, -0.2) is 22.1 Å². The highest BCUT2D eigenvalue weighted by Crippen LogP contribution is 2.00. The van der Waals surface area contributed by atoms with Crippen LogP contribution in [0, 0.1) is 6.92 Å². The molecule has 0 radical (unpaired) electrons. The van der Waals surface area contributed by atoms with Crippen LogP contribution in [0.3, 0.4) is 0 Å². The van der Waals surface area contributed by atoms with E-state index >= 15 is 0 Å². The molecule has 0 fully saturated rings. The number of nitrogens with two attached hydrogens (primary N) is 1. The Morgan fingerprint density at radius 3 is 2.75 bits per heavy atom. The van der Waals surface area contributed by atoms with Crippen molar-refractivity contribution in [1.29, 1.82) is 0 Å². The lowest BCUT2D eigenvalue weighted by Crippen LogP contribution is -2.35. The minimum atomic E-state index is -0.874. The number of carbonyl (C=O) groups is 2. The van der Waals surface area contributed by atoms with Crippen molar-refractivity contribution in [3.8, 4) is 0 Å². The fourth-order valence-electron chi connectivity index (χ4n) is 0.759. The number of aromatic nitrogens is 2. The lowest BCUT2D eigenvalue weighted by Gasteiger charge is -1.97. The highest BCUT2D eigenvalue weighted by molar-refractivity contribution is 6.04. The van der Waals surface area contributed by atoms with Gasteiger partial charge in [0.05, 0.1) is 11.8 Å². The van der Waals surface area contributed by atoms with Crippen LogP contribution in [0.25, 0.3) is 0 Å². The van der Waals surface area contributed by atoms with Gasteiger partial charge in [-0.15, -0.1) is 0 Å². The first-order valence-corrected chi connectivity index (χ1v) is 3.22. The van der Waals surface area contributed by atoms with Crippen molar-refractivity contribution in [2.75, 3.05) is 0 Å². The SMILES string of the molecule is Cc1[nH]ncc1C(=O)NC(N)=O. The number of urea groups is 1. The number of primary amides is 1. The zero-order valence-electron chi connectivity index (χ0n) is 6.42. The molecule has 0 atom stereocenters. The molecule has 0 aromatic carbocycles. The molecule has 0 aliphatic heterocycles. The maximum Gasteiger partial charge on any atom is 0.319 e. The molecule has 4 N–H and O–H groups in total. The van der Waals surface area contributed by atoms with Crippen LogP contribution in [-0.2, 0) is 0 Å². The molecule has 12 heavy (non-hydrogen) atoms. The number of hydrogen-bond acceptors (Lipinski definition) is 3. The van der Waals surface area contributed by atoms with Gasteiger partial charge < -0.3 is 5.73 Å². The first-order chi connectivity index (χ1) is 5.61. The van der Waals surface area contributed by atoms with E-state index in [-0.39, 0.29) is 0 Å². The van der Waals surface area contributed by atoms with Crippen LogP contribution in [0.5, 0.6) is 0 Å². The number of amides is 3. The molecule has 0 bridgehead atoms. The number of aryl methyl sites for hydroxylation is 1. The molecule has 6 nitrogen and oxygen atoms in total. The second-order valence-corrected chi connectivity index (χ2v) is 2.23. The Morgan fingerprint density at radius 1 is 1.67 bits per heavy atom. The lowest BCUT2D eigenvalue weighted by atomic mass is 10.2. The molecule has 1 rings (SSSR count). The normalized spacial score (nSPS) is 9.42. The van der Waals surface area contributed by atoms with Crippen molar-refractivity contribution >= 4 is 11.9 Å². The molecule has 1 heterocycles. The second-order valence-electron chi connectivity index (χ2n) is 2.23. The Morgan fingerprint density at radius 2 is 2.33 bits per heavy atom. The summed E-state index contributed by atoms with van der Waals surface area (Å²) in [7, 11) is 0. The van der Waals surface area contributed by atoms with Gasteiger partial charge in [0.15, 0.2) is 0 Å². The predicted octanol–water partition coefficient (Wildman–Crippen LogP) is -0.473. The summed E-state index contributed by atoms with van der Waals surface area (Å²) in [6, 6.07) is -0.874. The predicted molar refractivity (Wildman–Crippen MR) is 40.4 cm³/mol. The van der Waals surface area contributed by atoms with Crippen molar-refractivity contribution in [2.45, 2.75) is 6.92 Å². The minimum absolute atomic E-state index is 0.314. The highest BCUT2D eigenvalue weighted by atomic mass is 16.2. The van der Waals surface area contributed by atoms with Gasteiger partial charge >= 0.3 is 6.03 Å². The molecule has 0 saturated heterocycles.